The van der Waals surface area contributed by atoms with Crippen LogP contribution in [0.5, 0.6) is 0 Å². The van der Waals surface area contributed by atoms with E-state index in [0.29, 0.717) is 18.7 Å². The number of halogens is 3. The third kappa shape index (κ3) is 4.14. The highest BCUT2D eigenvalue weighted by Crippen LogP contribution is 2.29. The van der Waals surface area contributed by atoms with Crippen molar-refractivity contribution in [1.82, 2.24) is 14.9 Å². The summed E-state index contributed by atoms with van der Waals surface area (Å²) in [5.74, 6) is 0. The molecule has 0 unspecified atom stereocenters. The van der Waals surface area contributed by atoms with Gasteiger partial charge in [-0.3, -0.25) is 4.90 Å². The summed E-state index contributed by atoms with van der Waals surface area (Å²) in [4.78, 5) is 11.1. The van der Waals surface area contributed by atoms with Crippen molar-refractivity contribution in [2.24, 2.45) is 0 Å². The summed E-state index contributed by atoms with van der Waals surface area (Å²) in [5, 5.41) is 0. The summed E-state index contributed by atoms with van der Waals surface area (Å²) < 4.78 is 38.5. The molecule has 25 heavy (non-hydrogen) atoms. The highest BCUT2D eigenvalue weighted by atomic mass is 19.4. The van der Waals surface area contributed by atoms with Crippen molar-refractivity contribution < 1.29 is 13.2 Å². The first kappa shape index (κ1) is 17.4. The Morgan fingerprint density at radius 3 is 2.28 bits per heavy atom. The van der Waals surface area contributed by atoms with E-state index in [4.69, 9.17) is 0 Å². The highest BCUT2D eigenvalue weighted by molar-refractivity contribution is 5.74. The number of rotatable bonds is 4. The van der Waals surface area contributed by atoms with Gasteiger partial charge in [-0.15, -0.1) is 0 Å². The zero-order chi connectivity index (χ0) is 18.0. The number of aromatic nitrogens is 2. The van der Waals surface area contributed by atoms with Gasteiger partial charge in [0.05, 0.1) is 28.0 Å². The van der Waals surface area contributed by atoms with E-state index in [1.54, 1.807) is 6.07 Å². The molecule has 0 bridgehead atoms. The number of benzene rings is 2. The van der Waals surface area contributed by atoms with Gasteiger partial charge in [0, 0.05) is 13.1 Å². The van der Waals surface area contributed by atoms with Crippen LogP contribution in [0.15, 0.2) is 48.5 Å². The number of hydrogen-bond acceptors (Lipinski definition) is 3. The molecule has 0 aliphatic rings. The molecule has 3 rings (SSSR count). The molecule has 0 radical (unpaired) electrons. The second-order valence-corrected chi connectivity index (χ2v) is 6.11. The lowest BCUT2D eigenvalue weighted by Crippen LogP contribution is -2.19. The van der Waals surface area contributed by atoms with Crippen molar-refractivity contribution in [2.75, 3.05) is 7.05 Å². The predicted molar refractivity (Wildman–Crippen MR) is 90.9 cm³/mol. The maximum Gasteiger partial charge on any atom is 0.416 e. The van der Waals surface area contributed by atoms with E-state index < -0.39 is 11.7 Å². The zero-order valence-electron chi connectivity index (χ0n) is 14.0. The molecule has 0 saturated heterocycles. The SMILES string of the molecule is Cc1nc2ccccc2nc1CN(C)Cc1cccc(C(F)(F)F)c1. The second kappa shape index (κ2) is 6.80. The summed E-state index contributed by atoms with van der Waals surface area (Å²) in [6, 6.07) is 13.0. The summed E-state index contributed by atoms with van der Waals surface area (Å²) in [6.07, 6.45) is -4.32. The van der Waals surface area contributed by atoms with E-state index in [2.05, 4.69) is 9.97 Å². The summed E-state index contributed by atoms with van der Waals surface area (Å²) in [7, 11) is 1.86. The second-order valence-electron chi connectivity index (χ2n) is 6.11. The van der Waals surface area contributed by atoms with Crippen LogP contribution in [0.25, 0.3) is 11.0 Å². The largest absolute Gasteiger partial charge is 0.416 e. The minimum Gasteiger partial charge on any atom is -0.296 e. The number of para-hydroxylation sites is 2. The van der Waals surface area contributed by atoms with E-state index in [9.17, 15) is 13.2 Å². The third-order valence-electron chi connectivity index (χ3n) is 3.97. The standard InChI is InChI=1S/C19H18F3N3/c1-13-18(24-17-9-4-3-8-16(17)23-13)12-25(2)11-14-6-5-7-15(10-14)19(20,21)22/h3-10H,11-12H2,1-2H3. The maximum atomic E-state index is 12.8. The van der Waals surface area contributed by atoms with Crippen LogP contribution in [0.3, 0.4) is 0 Å². The Hall–Kier alpha value is -2.47. The predicted octanol–water partition coefficient (Wildman–Crippen LogP) is 4.59. The normalized spacial score (nSPS) is 12.1. The van der Waals surface area contributed by atoms with Gasteiger partial charge in [0.2, 0.25) is 0 Å². The van der Waals surface area contributed by atoms with Crippen molar-refractivity contribution in [3.8, 4) is 0 Å². The van der Waals surface area contributed by atoms with Crippen LogP contribution in [0.4, 0.5) is 13.2 Å². The van der Waals surface area contributed by atoms with Crippen LogP contribution in [-0.4, -0.2) is 21.9 Å². The van der Waals surface area contributed by atoms with E-state index in [0.717, 1.165) is 28.5 Å². The van der Waals surface area contributed by atoms with Crippen molar-refractivity contribution in [1.29, 1.82) is 0 Å². The average molecular weight is 345 g/mol. The Balaban J connectivity index is 1.77. The molecule has 1 aromatic heterocycles. The van der Waals surface area contributed by atoms with Crippen LogP contribution in [0.1, 0.15) is 22.5 Å². The van der Waals surface area contributed by atoms with Crippen molar-refractivity contribution in [2.45, 2.75) is 26.2 Å². The summed E-state index contributed by atoms with van der Waals surface area (Å²) >= 11 is 0. The smallest absolute Gasteiger partial charge is 0.296 e. The quantitative estimate of drug-likeness (QED) is 0.693. The van der Waals surface area contributed by atoms with Crippen LogP contribution in [0.2, 0.25) is 0 Å². The average Bonchev–Trinajstić information content (AvgIpc) is 2.55. The Morgan fingerprint density at radius 1 is 0.920 bits per heavy atom. The third-order valence-corrected chi connectivity index (χ3v) is 3.97. The molecule has 2 aromatic carbocycles. The highest BCUT2D eigenvalue weighted by Gasteiger charge is 2.30. The van der Waals surface area contributed by atoms with Gasteiger partial charge in [-0.05, 0) is 37.7 Å². The Morgan fingerprint density at radius 2 is 1.60 bits per heavy atom. The van der Waals surface area contributed by atoms with Gasteiger partial charge in [-0.1, -0.05) is 30.3 Å². The van der Waals surface area contributed by atoms with E-state index >= 15 is 0 Å². The van der Waals surface area contributed by atoms with Crippen molar-refractivity contribution in [3.63, 3.8) is 0 Å². The Labute approximate surface area is 144 Å². The molecule has 0 N–H and O–H groups in total. The van der Waals surface area contributed by atoms with Gasteiger partial charge >= 0.3 is 6.18 Å². The first-order chi connectivity index (χ1) is 11.8. The van der Waals surface area contributed by atoms with Gasteiger partial charge < -0.3 is 0 Å². The lowest BCUT2D eigenvalue weighted by Gasteiger charge is -2.18. The van der Waals surface area contributed by atoms with Gasteiger partial charge in [0.1, 0.15) is 0 Å². The minimum atomic E-state index is -4.32. The first-order valence-corrected chi connectivity index (χ1v) is 7.90. The molecule has 3 aromatic rings. The molecule has 130 valence electrons. The molecule has 0 saturated carbocycles. The van der Waals surface area contributed by atoms with Crippen molar-refractivity contribution >= 4 is 11.0 Å². The molecule has 0 atom stereocenters. The monoisotopic (exact) mass is 345 g/mol. The number of nitrogens with zero attached hydrogens (tertiary/aromatic N) is 3. The lowest BCUT2D eigenvalue weighted by atomic mass is 10.1. The fraction of sp³-hybridized carbons (Fsp3) is 0.263. The molecular formula is C19H18F3N3. The molecule has 3 nitrogen and oxygen atoms in total. The topological polar surface area (TPSA) is 29.0 Å². The van der Waals surface area contributed by atoms with Crippen LogP contribution in [0, 0.1) is 6.92 Å². The molecule has 0 spiro atoms. The Kier molecular flexibility index (Phi) is 4.72. The number of fused-ring (bicyclic) bond motifs is 1. The van der Waals surface area contributed by atoms with Gasteiger partial charge in [-0.25, -0.2) is 9.97 Å². The van der Waals surface area contributed by atoms with E-state index in [1.165, 1.54) is 12.1 Å². The Bertz CT molecular complexity index is 890. The summed E-state index contributed by atoms with van der Waals surface area (Å²) in [6.45, 7) is 2.81. The van der Waals surface area contributed by atoms with Gasteiger partial charge in [0.15, 0.2) is 0 Å². The van der Waals surface area contributed by atoms with Crippen LogP contribution < -0.4 is 0 Å². The van der Waals surface area contributed by atoms with Gasteiger partial charge in [-0.2, -0.15) is 13.2 Å². The molecule has 0 amide bonds. The molecule has 0 fully saturated rings. The number of aryl methyl sites for hydroxylation is 1. The molecule has 6 heteroatoms. The molecule has 0 aliphatic heterocycles. The number of hydrogen-bond donors (Lipinski definition) is 0. The van der Waals surface area contributed by atoms with E-state index in [-0.39, 0.29) is 0 Å². The fourth-order valence-electron chi connectivity index (χ4n) is 2.74. The molecular weight excluding hydrogens is 327 g/mol. The fourth-order valence-corrected chi connectivity index (χ4v) is 2.74. The lowest BCUT2D eigenvalue weighted by molar-refractivity contribution is -0.137. The minimum absolute atomic E-state index is 0.401. The maximum absolute atomic E-state index is 12.8. The van der Waals surface area contributed by atoms with Crippen molar-refractivity contribution in [3.05, 3.63) is 71.0 Å². The zero-order valence-corrected chi connectivity index (χ0v) is 14.0. The molecule has 0 aliphatic carbocycles. The van der Waals surface area contributed by atoms with E-state index in [1.807, 2.05) is 43.1 Å². The van der Waals surface area contributed by atoms with Crippen LogP contribution in [-0.2, 0) is 19.3 Å². The first-order valence-electron chi connectivity index (χ1n) is 7.90. The van der Waals surface area contributed by atoms with Gasteiger partial charge in [0.25, 0.3) is 0 Å². The number of alkyl halides is 3. The van der Waals surface area contributed by atoms with Crippen LogP contribution >= 0.6 is 0 Å². The molecule has 1 heterocycles. The summed E-state index contributed by atoms with van der Waals surface area (Å²) in [5.41, 5.74) is 3.30.